The minimum Gasteiger partial charge on any atom is -0.347 e. The van der Waals surface area contributed by atoms with Crippen LogP contribution in [0.5, 0.6) is 0 Å². The van der Waals surface area contributed by atoms with Crippen molar-refractivity contribution in [2.45, 2.75) is 26.3 Å². The molecule has 0 bridgehead atoms. The molecule has 1 heterocycles. The molecule has 0 unspecified atom stereocenters. The number of benzene rings is 1. The molecule has 2 aromatic rings. The van der Waals surface area contributed by atoms with Crippen molar-refractivity contribution in [2.75, 3.05) is 6.54 Å². The lowest BCUT2D eigenvalue weighted by Crippen LogP contribution is -2.04. The molecule has 2 rings (SSSR count). The number of rotatable bonds is 4. The van der Waals surface area contributed by atoms with Crippen LogP contribution in [0.3, 0.4) is 0 Å². The topological polar surface area (TPSA) is 30.9 Å². The van der Waals surface area contributed by atoms with E-state index in [9.17, 15) is 0 Å². The number of aromatic nitrogens is 1. The molecule has 15 heavy (non-hydrogen) atoms. The van der Waals surface area contributed by atoms with Crippen molar-refractivity contribution < 1.29 is 0 Å². The van der Waals surface area contributed by atoms with Gasteiger partial charge in [0.2, 0.25) is 0 Å². The first-order chi connectivity index (χ1) is 7.35. The average molecular weight is 202 g/mol. The van der Waals surface area contributed by atoms with Gasteiger partial charge in [-0.05, 0) is 48.5 Å². The van der Waals surface area contributed by atoms with E-state index >= 15 is 0 Å². The molecule has 0 fully saturated rings. The van der Waals surface area contributed by atoms with Gasteiger partial charge >= 0.3 is 0 Å². The summed E-state index contributed by atoms with van der Waals surface area (Å²) in [5.74, 6) is 0. The van der Waals surface area contributed by atoms with Crippen molar-refractivity contribution in [1.82, 2.24) is 4.57 Å². The van der Waals surface area contributed by atoms with Gasteiger partial charge < -0.3 is 10.3 Å². The highest BCUT2D eigenvalue weighted by atomic mass is 14.9. The van der Waals surface area contributed by atoms with Crippen molar-refractivity contribution in [2.24, 2.45) is 5.73 Å². The van der Waals surface area contributed by atoms with Crippen molar-refractivity contribution in [3.05, 3.63) is 36.0 Å². The predicted molar refractivity (Wildman–Crippen MR) is 65.0 cm³/mol. The normalized spacial score (nSPS) is 11.1. The molecule has 0 aliphatic heterocycles. The number of hydrogen-bond acceptors (Lipinski definition) is 1. The minimum absolute atomic E-state index is 0.757. The third-order valence-electron chi connectivity index (χ3n) is 2.85. The van der Waals surface area contributed by atoms with Gasteiger partial charge in [-0.25, -0.2) is 0 Å². The van der Waals surface area contributed by atoms with Gasteiger partial charge in [0.05, 0.1) is 0 Å². The Kier molecular flexibility index (Phi) is 3.07. The molecule has 0 spiro atoms. The van der Waals surface area contributed by atoms with Gasteiger partial charge in [0.15, 0.2) is 0 Å². The Morgan fingerprint density at radius 1 is 1.27 bits per heavy atom. The van der Waals surface area contributed by atoms with Crippen LogP contribution < -0.4 is 5.73 Å². The number of fused-ring (bicyclic) bond motifs is 1. The Morgan fingerprint density at radius 2 is 2.13 bits per heavy atom. The largest absolute Gasteiger partial charge is 0.347 e. The fraction of sp³-hybridized carbons (Fsp3) is 0.385. The fourth-order valence-electron chi connectivity index (χ4n) is 1.93. The van der Waals surface area contributed by atoms with E-state index in [0.717, 1.165) is 25.9 Å². The van der Waals surface area contributed by atoms with Gasteiger partial charge in [0.1, 0.15) is 0 Å². The summed E-state index contributed by atoms with van der Waals surface area (Å²) < 4.78 is 2.28. The standard InChI is InChI=1S/C13H18N2/c1-2-11-4-5-13-12(10-11)6-9-15(13)8-3-7-14/h4-6,9-10H,2-3,7-8,14H2,1H3. The van der Waals surface area contributed by atoms with E-state index in [-0.39, 0.29) is 0 Å². The van der Waals surface area contributed by atoms with Gasteiger partial charge in [-0.3, -0.25) is 0 Å². The summed E-state index contributed by atoms with van der Waals surface area (Å²) in [7, 11) is 0. The van der Waals surface area contributed by atoms with Gasteiger partial charge in [-0.15, -0.1) is 0 Å². The second kappa shape index (κ2) is 4.49. The van der Waals surface area contributed by atoms with Crippen molar-refractivity contribution in [1.29, 1.82) is 0 Å². The van der Waals surface area contributed by atoms with E-state index in [1.54, 1.807) is 0 Å². The molecular formula is C13H18N2. The summed E-state index contributed by atoms with van der Waals surface area (Å²) in [4.78, 5) is 0. The average Bonchev–Trinajstić information content (AvgIpc) is 2.68. The summed E-state index contributed by atoms with van der Waals surface area (Å²) in [6.45, 7) is 3.96. The molecule has 0 aliphatic carbocycles. The van der Waals surface area contributed by atoms with E-state index in [0.29, 0.717) is 0 Å². The first kappa shape index (κ1) is 10.2. The molecular weight excluding hydrogens is 184 g/mol. The van der Waals surface area contributed by atoms with Gasteiger partial charge in [-0.1, -0.05) is 13.0 Å². The highest BCUT2D eigenvalue weighted by Gasteiger charge is 2.00. The maximum Gasteiger partial charge on any atom is 0.0480 e. The zero-order chi connectivity index (χ0) is 10.7. The monoisotopic (exact) mass is 202 g/mol. The molecule has 0 atom stereocenters. The van der Waals surface area contributed by atoms with Gasteiger partial charge in [-0.2, -0.15) is 0 Å². The second-order valence-electron chi connectivity index (χ2n) is 3.90. The summed E-state index contributed by atoms with van der Waals surface area (Å²) in [5, 5.41) is 1.34. The molecule has 2 N–H and O–H groups in total. The van der Waals surface area contributed by atoms with E-state index in [1.165, 1.54) is 16.5 Å². The molecule has 80 valence electrons. The molecule has 1 aromatic carbocycles. The van der Waals surface area contributed by atoms with Crippen LogP contribution in [0, 0.1) is 0 Å². The van der Waals surface area contributed by atoms with Gasteiger partial charge in [0.25, 0.3) is 0 Å². The SMILES string of the molecule is CCc1ccc2c(ccn2CCCN)c1. The predicted octanol–water partition coefficient (Wildman–Crippen LogP) is 2.55. The molecule has 0 radical (unpaired) electrons. The summed E-state index contributed by atoms with van der Waals surface area (Å²) in [6, 6.07) is 8.88. The molecule has 0 saturated carbocycles. The molecule has 2 heteroatoms. The van der Waals surface area contributed by atoms with Gasteiger partial charge in [0, 0.05) is 18.3 Å². The third-order valence-corrected chi connectivity index (χ3v) is 2.85. The van der Waals surface area contributed by atoms with E-state index in [2.05, 4.69) is 42.0 Å². The maximum atomic E-state index is 5.52. The minimum atomic E-state index is 0.757. The molecule has 0 saturated heterocycles. The summed E-state index contributed by atoms with van der Waals surface area (Å²) in [6.07, 6.45) is 4.29. The maximum absolute atomic E-state index is 5.52. The fourth-order valence-corrected chi connectivity index (χ4v) is 1.93. The van der Waals surface area contributed by atoms with Crippen LogP contribution in [-0.2, 0) is 13.0 Å². The van der Waals surface area contributed by atoms with Crippen LogP contribution in [0.15, 0.2) is 30.5 Å². The van der Waals surface area contributed by atoms with Crippen molar-refractivity contribution in [3.63, 3.8) is 0 Å². The molecule has 2 nitrogen and oxygen atoms in total. The van der Waals surface area contributed by atoms with Crippen LogP contribution in [-0.4, -0.2) is 11.1 Å². The van der Waals surface area contributed by atoms with Crippen LogP contribution in [0.1, 0.15) is 18.9 Å². The zero-order valence-corrected chi connectivity index (χ0v) is 9.24. The smallest absolute Gasteiger partial charge is 0.0480 e. The van der Waals surface area contributed by atoms with E-state index in [4.69, 9.17) is 5.73 Å². The van der Waals surface area contributed by atoms with Crippen LogP contribution >= 0.6 is 0 Å². The first-order valence-corrected chi connectivity index (χ1v) is 5.63. The lowest BCUT2D eigenvalue weighted by molar-refractivity contribution is 0.671. The Labute approximate surface area is 90.7 Å². The van der Waals surface area contributed by atoms with Crippen LogP contribution in [0.2, 0.25) is 0 Å². The highest BCUT2D eigenvalue weighted by Crippen LogP contribution is 2.18. The first-order valence-electron chi connectivity index (χ1n) is 5.63. The number of nitrogens with zero attached hydrogens (tertiary/aromatic N) is 1. The van der Waals surface area contributed by atoms with E-state index in [1.807, 2.05) is 0 Å². The van der Waals surface area contributed by atoms with E-state index < -0.39 is 0 Å². The molecule has 0 aliphatic rings. The lowest BCUT2D eigenvalue weighted by Gasteiger charge is -2.04. The quantitative estimate of drug-likeness (QED) is 0.811. The summed E-state index contributed by atoms with van der Waals surface area (Å²) >= 11 is 0. The number of hydrogen-bond donors (Lipinski definition) is 1. The third kappa shape index (κ3) is 2.05. The second-order valence-corrected chi connectivity index (χ2v) is 3.90. The van der Waals surface area contributed by atoms with Crippen LogP contribution in [0.25, 0.3) is 10.9 Å². The molecule has 0 amide bonds. The highest BCUT2D eigenvalue weighted by molar-refractivity contribution is 5.80. The van der Waals surface area contributed by atoms with Crippen molar-refractivity contribution >= 4 is 10.9 Å². The molecule has 1 aromatic heterocycles. The van der Waals surface area contributed by atoms with Crippen LogP contribution in [0.4, 0.5) is 0 Å². The Bertz CT molecular complexity index is 443. The Balaban J connectivity index is 2.34. The zero-order valence-electron chi connectivity index (χ0n) is 9.24. The number of nitrogens with two attached hydrogens (primary N) is 1. The number of aryl methyl sites for hydroxylation is 2. The van der Waals surface area contributed by atoms with Crippen molar-refractivity contribution in [3.8, 4) is 0 Å². The summed E-state index contributed by atoms with van der Waals surface area (Å²) in [5.41, 5.74) is 8.24. The lowest BCUT2D eigenvalue weighted by atomic mass is 10.1. The Hall–Kier alpha value is -1.28. The Morgan fingerprint density at radius 3 is 2.87 bits per heavy atom.